The number of rotatable bonds is 8. The highest BCUT2D eigenvalue weighted by molar-refractivity contribution is 5.90. The van der Waals surface area contributed by atoms with E-state index in [4.69, 9.17) is 14.2 Å². The molecular formula is C38H30O6. The van der Waals surface area contributed by atoms with Crippen LogP contribution < -0.4 is 14.2 Å². The van der Waals surface area contributed by atoms with E-state index in [-0.39, 0.29) is 5.57 Å². The highest BCUT2D eigenvalue weighted by atomic mass is 16.5. The predicted molar refractivity (Wildman–Crippen MR) is 171 cm³/mol. The Kier molecular flexibility index (Phi) is 9.74. The molecule has 0 amide bonds. The highest BCUT2D eigenvalue weighted by Gasteiger charge is 2.16. The lowest BCUT2D eigenvalue weighted by Crippen LogP contribution is -2.10. The summed E-state index contributed by atoms with van der Waals surface area (Å²) in [5.74, 6) is 5.91. The SMILES string of the molecule is C=CC(=O)Oc1ccc(-c2ccc(C#Cc3ccc(-c4ccc(OC(=O)C(=C)C)cc4)cc3)c(OC(=O)C(=C)C)c2C)cc1. The molecule has 6 nitrogen and oxygen atoms in total. The Hall–Kier alpha value is -5.93. The van der Waals surface area contributed by atoms with Crippen LogP contribution in [0.1, 0.15) is 30.5 Å². The number of carbonyl (C=O) groups excluding carboxylic acids is 3. The molecule has 4 aromatic carbocycles. The third kappa shape index (κ3) is 7.67. The third-order valence-electron chi connectivity index (χ3n) is 6.47. The molecule has 0 aromatic heterocycles. The molecule has 0 bridgehead atoms. The molecule has 0 N–H and O–H groups in total. The quantitative estimate of drug-likeness (QED) is 0.0914. The molecule has 0 aliphatic heterocycles. The molecule has 4 aromatic rings. The average Bonchev–Trinajstić information content (AvgIpc) is 3.02. The van der Waals surface area contributed by atoms with Crippen LogP contribution in [0.3, 0.4) is 0 Å². The molecule has 0 spiro atoms. The fourth-order valence-electron chi connectivity index (χ4n) is 4.07. The van der Waals surface area contributed by atoms with Crippen LogP contribution in [0.4, 0.5) is 0 Å². The normalized spacial score (nSPS) is 10.1. The Balaban J connectivity index is 1.60. The summed E-state index contributed by atoms with van der Waals surface area (Å²) in [5.41, 5.74) is 6.21. The van der Waals surface area contributed by atoms with E-state index >= 15 is 0 Å². The van der Waals surface area contributed by atoms with Crippen LogP contribution in [0.15, 0.2) is 122 Å². The van der Waals surface area contributed by atoms with Gasteiger partial charge in [-0.05, 0) is 85.5 Å². The number of hydrogen-bond acceptors (Lipinski definition) is 6. The minimum atomic E-state index is -0.551. The summed E-state index contributed by atoms with van der Waals surface area (Å²) in [5, 5.41) is 0. The van der Waals surface area contributed by atoms with E-state index in [1.165, 1.54) is 0 Å². The average molecular weight is 583 g/mol. The maximum Gasteiger partial charge on any atom is 0.338 e. The van der Waals surface area contributed by atoms with Crippen molar-refractivity contribution in [3.63, 3.8) is 0 Å². The van der Waals surface area contributed by atoms with Crippen molar-refractivity contribution >= 4 is 17.9 Å². The standard InChI is InChI=1S/C38H30O6/c1-7-35(39)42-32-21-16-30(17-22-32)34-23-18-31(36(26(34)6)44-38(41)25(4)5)13-10-27-8-11-28(12-9-27)29-14-19-33(20-15-29)43-37(40)24(2)3/h7-9,11-12,14-23H,1-2,4H2,3,5-6H3. The van der Waals surface area contributed by atoms with E-state index in [1.807, 2.05) is 61.5 Å². The van der Waals surface area contributed by atoms with Gasteiger partial charge in [0.15, 0.2) is 0 Å². The lowest BCUT2D eigenvalue weighted by atomic mass is 9.97. The number of esters is 3. The molecule has 0 radical (unpaired) electrons. The maximum atomic E-state index is 12.5. The second-order valence-electron chi connectivity index (χ2n) is 9.96. The first kappa shape index (κ1) is 31.0. The van der Waals surface area contributed by atoms with Crippen LogP contribution in [0.2, 0.25) is 0 Å². The van der Waals surface area contributed by atoms with E-state index < -0.39 is 17.9 Å². The maximum absolute atomic E-state index is 12.5. The summed E-state index contributed by atoms with van der Waals surface area (Å²) < 4.78 is 16.2. The first-order valence-corrected chi connectivity index (χ1v) is 13.6. The minimum absolute atomic E-state index is 0.264. The minimum Gasteiger partial charge on any atom is -0.423 e. The molecular weight excluding hydrogens is 552 g/mol. The van der Waals surface area contributed by atoms with Gasteiger partial charge in [0.05, 0.1) is 5.56 Å². The zero-order chi connectivity index (χ0) is 31.8. The van der Waals surface area contributed by atoms with Gasteiger partial charge in [-0.15, -0.1) is 0 Å². The number of carbonyl (C=O) groups is 3. The van der Waals surface area contributed by atoms with Crippen molar-refractivity contribution in [2.75, 3.05) is 0 Å². The fourth-order valence-corrected chi connectivity index (χ4v) is 4.07. The van der Waals surface area contributed by atoms with Crippen molar-refractivity contribution < 1.29 is 28.6 Å². The molecule has 0 aliphatic carbocycles. The first-order chi connectivity index (χ1) is 21.0. The van der Waals surface area contributed by atoms with E-state index in [0.717, 1.165) is 39.5 Å². The second kappa shape index (κ2) is 13.8. The Morgan fingerprint density at radius 1 is 0.636 bits per heavy atom. The Morgan fingerprint density at radius 3 is 1.68 bits per heavy atom. The molecule has 0 saturated carbocycles. The van der Waals surface area contributed by atoms with Crippen molar-refractivity contribution in [1.29, 1.82) is 0 Å². The summed E-state index contributed by atoms with van der Waals surface area (Å²) in [7, 11) is 0. The topological polar surface area (TPSA) is 78.9 Å². The largest absolute Gasteiger partial charge is 0.423 e. The summed E-state index contributed by atoms with van der Waals surface area (Å²) >= 11 is 0. The van der Waals surface area contributed by atoms with Crippen LogP contribution in [0.5, 0.6) is 17.2 Å². The van der Waals surface area contributed by atoms with Crippen molar-refractivity contribution in [1.82, 2.24) is 0 Å². The molecule has 0 aliphatic rings. The van der Waals surface area contributed by atoms with Gasteiger partial charge < -0.3 is 14.2 Å². The van der Waals surface area contributed by atoms with Crippen LogP contribution in [0.25, 0.3) is 22.3 Å². The lowest BCUT2D eigenvalue weighted by Gasteiger charge is -2.14. The predicted octanol–water partition coefficient (Wildman–Crippen LogP) is 7.78. The summed E-state index contributed by atoms with van der Waals surface area (Å²) in [6.45, 7) is 15.7. The van der Waals surface area contributed by atoms with Crippen LogP contribution in [-0.4, -0.2) is 17.9 Å². The summed E-state index contributed by atoms with van der Waals surface area (Å²) in [6, 6.07) is 25.6. The van der Waals surface area contributed by atoms with Crippen LogP contribution in [-0.2, 0) is 14.4 Å². The Morgan fingerprint density at radius 2 is 1.14 bits per heavy atom. The monoisotopic (exact) mass is 582 g/mol. The number of benzene rings is 4. The van der Waals surface area contributed by atoms with Gasteiger partial charge in [-0.25, -0.2) is 14.4 Å². The number of hydrogen-bond donors (Lipinski definition) is 0. The van der Waals surface area contributed by atoms with Gasteiger partial charge in [-0.2, -0.15) is 0 Å². The van der Waals surface area contributed by atoms with Gasteiger partial charge >= 0.3 is 17.9 Å². The first-order valence-electron chi connectivity index (χ1n) is 13.6. The molecule has 6 heteroatoms. The van der Waals surface area contributed by atoms with Gasteiger partial charge in [0, 0.05) is 28.3 Å². The second-order valence-corrected chi connectivity index (χ2v) is 9.96. The molecule has 0 fully saturated rings. The van der Waals surface area contributed by atoms with Crippen molar-refractivity contribution in [3.05, 3.63) is 139 Å². The molecule has 0 atom stereocenters. The van der Waals surface area contributed by atoms with Crippen molar-refractivity contribution in [2.24, 2.45) is 0 Å². The molecule has 0 saturated heterocycles. The van der Waals surface area contributed by atoms with Gasteiger partial charge in [0.1, 0.15) is 17.2 Å². The molecule has 0 unspecified atom stereocenters. The van der Waals surface area contributed by atoms with E-state index in [2.05, 4.69) is 31.6 Å². The lowest BCUT2D eigenvalue weighted by molar-refractivity contribution is -0.131. The summed E-state index contributed by atoms with van der Waals surface area (Å²) in [4.78, 5) is 35.8. The molecule has 218 valence electrons. The zero-order valence-corrected chi connectivity index (χ0v) is 24.7. The van der Waals surface area contributed by atoms with Crippen LogP contribution >= 0.6 is 0 Å². The fraction of sp³-hybridized carbons (Fsp3) is 0.0789. The summed E-state index contributed by atoms with van der Waals surface area (Å²) in [6.07, 6.45) is 1.10. The van der Waals surface area contributed by atoms with Crippen molar-refractivity contribution in [2.45, 2.75) is 20.8 Å². The van der Waals surface area contributed by atoms with E-state index in [1.54, 1.807) is 44.2 Å². The molecule has 44 heavy (non-hydrogen) atoms. The van der Waals surface area contributed by atoms with Crippen LogP contribution in [0, 0.1) is 18.8 Å². The van der Waals surface area contributed by atoms with Gasteiger partial charge in [-0.1, -0.05) is 74.0 Å². The van der Waals surface area contributed by atoms with Gasteiger partial charge in [-0.3, -0.25) is 0 Å². The number of ether oxygens (including phenoxy) is 3. The Labute approximate surface area is 256 Å². The zero-order valence-electron chi connectivity index (χ0n) is 24.7. The highest BCUT2D eigenvalue weighted by Crippen LogP contribution is 2.34. The van der Waals surface area contributed by atoms with Gasteiger partial charge in [0.2, 0.25) is 0 Å². The third-order valence-corrected chi connectivity index (χ3v) is 6.47. The Bertz CT molecular complexity index is 1830. The van der Waals surface area contributed by atoms with Gasteiger partial charge in [0.25, 0.3) is 0 Å². The van der Waals surface area contributed by atoms with E-state index in [0.29, 0.717) is 28.4 Å². The smallest absolute Gasteiger partial charge is 0.338 e. The molecule has 4 rings (SSSR count). The van der Waals surface area contributed by atoms with Crippen molar-refractivity contribution in [3.8, 4) is 51.3 Å². The molecule has 0 heterocycles. The van der Waals surface area contributed by atoms with E-state index in [9.17, 15) is 14.4 Å².